The second-order valence-corrected chi connectivity index (χ2v) is 30.3. The molecule has 0 aromatic heterocycles. The molecule has 3 atom stereocenters. The summed E-state index contributed by atoms with van der Waals surface area (Å²) in [5.41, 5.74) is 6.07. The predicted molar refractivity (Wildman–Crippen MR) is 468 cm³/mol. The monoisotopic (exact) mass is 1740 g/mol. The molecule has 0 bridgehead atoms. The minimum Gasteiger partial charge on any atom is -0.744 e. The number of rotatable bonds is 51. The topological polar surface area (TPSA) is 344 Å². The van der Waals surface area contributed by atoms with Gasteiger partial charge < -0.3 is 48.0 Å². The molecule has 0 radical (unpaired) electrons. The minimum atomic E-state index is -4.67. The summed E-state index contributed by atoms with van der Waals surface area (Å²) >= 11 is 0. The van der Waals surface area contributed by atoms with Crippen LogP contribution in [0, 0.1) is 11.8 Å². The molecular formula is C88H160N3Na3O20S3. The van der Waals surface area contributed by atoms with Gasteiger partial charge in [0.1, 0.15) is 34.8 Å². The number of benzene rings is 3. The Balaban J connectivity index is -0.000000121. The van der Waals surface area contributed by atoms with E-state index in [2.05, 4.69) is 93.9 Å². The number of hydrogen-bond donors (Lipinski definition) is 2. The molecule has 1 fully saturated rings. The molecule has 3 aromatic rings. The Morgan fingerprint density at radius 3 is 0.889 bits per heavy atom. The van der Waals surface area contributed by atoms with Gasteiger partial charge in [-0.15, -0.1) is 0 Å². The summed E-state index contributed by atoms with van der Waals surface area (Å²) in [5, 5.41) is 16.7. The number of ether oxygens (including phenoxy) is 2. The van der Waals surface area contributed by atoms with Crippen LogP contribution in [-0.2, 0) is 88.9 Å². The van der Waals surface area contributed by atoms with Crippen LogP contribution in [0.3, 0.4) is 0 Å². The molecule has 0 spiro atoms. The summed E-state index contributed by atoms with van der Waals surface area (Å²) in [6.45, 7) is 25.9. The van der Waals surface area contributed by atoms with Gasteiger partial charge >= 0.3 is 101 Å². The van der Waals surface area contributed by atoms with Crippen molar-refractivity contribution in [3.63, 3.8) is 0 Å². The van der Waals surface area contributed by atoms with Crippen LogP contribution in [-0.4, -0.2) is 140 Å². The first-order valence-corrected chi connectivity index (χ1v) is 42.4. The molecule has 0 aliphatic carbocycles. The van der Waals surface area contributed by atoms with Gasteiger partial charge in [0.15, 0.2) is 0 Å². The molecule has 3 aromatic carbocycles. The minimum absolute atomic E-state index is 0. The zero-order valence-corrected chi connectivity index (χ0v) is 76.4. The third-order valence-corrected chi connectivity index (χ3v) is 19.7. The van der Waals surface area contributed by atoms with E-state index in [9.17, 15) is 62.9 Å². The van der Waals surface area contributed by atoms with Crippen molar-refractivity contribution in [2.75, 3.05) is 46.4 Å². The summed E-state index contributed by atoms with van der Waals surface area (Å²) in [4.78, 5) is 58.9. The van der Waals surface area contributed by atoms with Crippen LogP contribution in [0.1, 0.15) is 335 Å². The quantitative estimate of drug-likeness (QED) is 0.0174. The molecule has 4 rings (SSSR count). The van der Waals surface area contributed by atoms with Gasteiger partial charge in [0.05, 0.1) is 50.0 Å². The molecule has 1 aliphatic heterocycles. The summed E-state index contributed by atoms with van der Waals surface area (Å²) in [6.07, 6.45) is 44.3. The van der Waals surface area contributed by atoms with Gasteiger partial charge in [0.2, 0.25) is 38.5 Å². The first-order valence-electron chi connectivity index (χ1n) is 38.3. The van der Waals surface area contributed by atoms with Gasteiger partial charge in [-0.05, 0) is 134 Å². The van der Waals surface area contributed by atoms with Gasteiger partial charge in [-0.2, -0.15) is 0 Å². The number of unbranched alkanes of at least 4 members (excludes halogenated alkanes) is 24. The Kier molecular flexibility index (Phi) is 101. The number of carbonyl (C=O) groups excluding carboxylic acids is 3. The number of nitrogens with zero attached hydrogens (tertiary/aromatic N) is 3. The Morgan fingerprint density at radius 1 is 0.402 bits per heavy atom. The smallest absolute Gasteiger partial charge is 0.744 e. The van der Waals surface area contributed by atoms with Crippen LogP contribution in [0.2, 0.25) is 0 Å². The van der Waals surface area contributed by atoms with Crippen LogP contribution < -0.4 is 98.1 Å². The zero-order chi connectivity index (χ0) is 79.8. The second kappa shape index (κ2) is 84.7. The van der Waals surface area contributed by atoms with Crippen molar-refractivity contribution < 1.29 is 180 Å². The van der Waals surface area contributed by atoms with Gasteiger partial charge in [-0.3, -0.25) is 32.3 Å². The third kappa shape index (κ3) is 71.6. The van der Waals surface area contributed by atoms with Gasteiger partial charge in [-0.25, -0.2) is 25.3 Å². The van der Waals surface area contributed by atoms with E-state index in [1.807, 2.05) is 12.1 Å². The van der Waals surface area contributed by atoms with Crippen LogP contribution in [0.4, 0.5) is 0 Å². The van der Waals surface area contributed by atoms with E-state index >= 15 is 0 Å². The first kappa shape index (κ1) is 139. The molecule has 3 amide bonds. The van der Waals surface area contributed by atoms with E-state index in [1.54, 1.807) is 12.1 Å². The van der Waals surface area contributed by atoms with Crippen molar-refractivity contribution in [3.05, 3.63) is 126 Å². The van der Waals surface area contributed by atoms with Gasteiger partial charge in [0.25, 0.3) is 0 Å². The largest absolute Gasteiger partial charge is 1.00 e. The van der Waals surface area contributed by atoms with E-state index < -0.39 is 54.7 Å². The molecular weight excluding hydrogens is 1580 g/mol. The molecule has 117 heavy (non-hydrogen) atoms. The Hall–Kier alpha value is -3.52. The molecule has 1 saturated heterocycles. The molecule has 2 N–H and O–H groups in total. The van der Waals surface area contributed by atoms with Crippen LogP contribution in [0.5, 0.6) is 11.5 Å². The van der Waals surface area contributed by atoms with Crippen molar-refractivity contribution in [1.29, 1.82) is 0 Å². The van der Waals surface area contributed by atoms with E-state index in [0.29, 0.717) is 5.92 Å². The zero-order valence-electron chi connectivity index (χ0n) is 68.0. The van der Waals surface area contributed by atoms with E-state index in [-0.39, 0.29) is 217 Å². The average molecular weight is 1750 g/mol. The number of aryl methyl sites for hydroxylation is 4. The molecule has 1 heterocycles. The van der Waals surface area contributed by atoms with Crippen molar-refractivity contribution >= 4 is 60.6 Å². The SMILES string of the molecule is C.C.C.C.C.C.C.C.C=CC(=O)N1CN(C(=O)C=C)CN(C(=O)C=C)C1.CC(C(=O)O)C(C)C(=O)O.CCC(C)c1ccc(S(=O)(=O)[O-])cc1.CCCCCCCCCc1ccc(OCCOS(=O)(=O)[O-])c(CCCCCCCCC)c1.CCCCCCCCCc1ccc(OCCOS(=O)(=O)[O-])c(CCCCCCCCC)c1.[Na+].[Na+].[Na+]. The number of carboxylic acids is 2. The molecule has 0 saturated carbocycles. The van der Waals surface area contributed by atoms with Crippen LogP contribution in [0.25, 0.3) is 0 Å². The number of aliphatic carboxylic acids is 2. The molecule has 3 unspecified atom stereocenters. The maximum absolute atomic E-state index is 11.6. The Labute approximate surface area is 781 Å². The Bertz CT molecular complexity index is 3130. The second-order valence-electron chi connectivity index (χ2n) is 26.8. The molecule has 23 nitrogen and oxygen atoms in total. The Morgan fingerprint density at radius 2 is 0.658 bits per heavy atom. The standard InChI is InChI=1S/2C26H46O5S.C12H15N3O3.C10H14O3S.C6H10O4.8CH4.3Na/c2*1-3-5-7-9-11-13-15-17-24-19-20-26(30-21-22-31-32(27,28)29)25(23-24)18-16-14-12-10-8-6-4-2;1-4-10(16)13-7-14(11(17)5-2)9-15(8-13)12(18)6-3;1-3-8(2)9-4-6-10(7-5-9)14(11,12)13;1-3(5(7)8)4(2)6(9)10;;;;;;;;;;;/h2*19-20,23H,3-18,21-22H2,1-2H3,(H,27,28,29);4-6H,1-3,7-9H2;4-8H,3H2,1-2H3,(H,11,12,13);3-4H,1-2H3,(H,7,8)(H,9,10);8*1H4;;;/q;;;;;;;;;;;;;3*+1/p-3. The number of carbonyl (C=O) groups is 5. The fourth-order valence-corrected chi connectivity index (χ4v) is 12.1. The summed E-state index contributed by atoms with van der Waals surface area (Å²) in [5.74, 6) is -2.91. The summed E-state index contributed by atoms with van der Waals surface area (Å²) in [7, 11) is -13.6. The van der Waals surface area contributed by atoms with Crippen molar-refractivity contribution in [1.82, 2.24) is 14.7 Å². The number of hydrogen-bond acceptors (Lipinski definition) is 18. The van der Waals surface area contributed by atoms with Crippen molar-refractivity contribution in [2.45, 2.75) is 338 Å². The van der Waals surface area contributed by atoms with Gasteiger partial charge in [-0.1, -0.05) is 325 Å². The molecule has 29 heteroatoms. The maximum Gasteiger partial charge on any atom is 1.00 e. The van der Waals surface area contributed by atoms with E-state index in [0.717, 1.165) is 80.2 Å². The average Bonchev–Trinajstić information content (AvgIpc) is 0.805. The van der Waals surface area contributed by atoms with E-state index in [1.165, 1.54) is 230 Å². The van der Waals surface area contributed by atoms with Gasteiger partial charge in [0, 0.05) is 0 Å². The predicted octanol–water partition coefficient (Wildman–Crippen LogP) is 12.8. The van der Waals surface area contributed by atoms with E-state index in [4.69, 9.17) is 19.7 Å². The fraction of sp³-hybridized carbons (Fsp3) is 0.670. The number of carboxylic acid groups (broad SMARTS) is 2. The fourth-order valence-electron chi connectivity index (χ4n) is 11.1. The third-order valence-electron chi connectivity index (χ3n) is 18.0. The normalized spacial score (nSPS) is 11.7. The summed E-state index contributed by atoms with van der Waals surface area (Å²) in [6, 6.07) is 18.8. The van der Waals surface area contributed by atoms with Crippen LogP contribution in [0.15, 0.2) is 104 Å². The molecule has 668 valence electrons. The van der Waals surface area contributed by atoms with Crippen molar-refractivity contribution in [2.24, 2.45) is 11.8 Å². The maximum atomic E-state index is 11.6. The van der Waals surface area contributed by atoms with Crippen LogP contribution >= 0.6 is 0 Å². The first-order chi connectivity index (χ1) is 50.4. The summed E-state index contributed by atoms with van der Waals surface area (Å²) < 4.78 is 115. The molecule has 1 aliphatic rings. The number of amides is 3. The van der Waals surface area contributed by atoms with Crippen molar-refractivity contribution in [3.8, 4) is 11.5 Å².